The number of methoxy groups -OCH3 is 1. The highest BCUT2D eigenvalue weighted by atomic mass is 16.5. The topological polar surface area (TPSA) is 120 Å². The molecule has 0 bridgehead atoms. The van der Waals surface area contributed by atoms with E-state index in [0.717, 1.165) is 11.3 Å². The number of carbonyl (C=O) groups excluding carboxylic acids is 1. The first-order chi connectivity index (χ1) is 14.0. The van der Waals surface area contributed by atoms with E-state index in [1.165, 1.54) is 6.07 Å². The molecule has 1 aliphatic heterocycles. The van der Waals surface area contributed by atoms with Crippen molar-refractivity contribution in [1.29, 1.82) is 0 Å². The van der Waals surface area contributed by atoms with E-state index in [0.29, 0.717) is 29.1 Å². The largest absolute Gasteiger partial charge is 0.506 e. The number of anilines is 2. The molecule has 2 aromatic carbocycles. The number of hydrogen-bond acceptors (Lipinski definition) is 7. The summed E-state index contributed by atoms with van der Waals surface area (Å²) in [6.07, 6.45) is 2.07. The zero-order chi connectivity index (χ0) is 20.4. The predicted molar refractivity (Wildman–Crippen MR) is 108 cm³/mol. The Morgan fingerprint density at radius 3 is 2.90 bits per heavy atom. The lowest BCUT2D eigenvalue weighted by molar-refractivity contribution is -0.121. The van der Waals surface area contributed by atoms with E-state index in [1.54, 1.807) is 31.5 Å². The molecule has 4 N–H and O–H groups in total. The lowest BCUT2D eigenvalue weighted by Gasteiger charge is -2.25. The number of nitrogens with two attached hydrogens (primary N) is 1. The van der Waals surface area contributed by atoms with Gasteiger partial charge in [0, 0.05) is 11.8 Å². The number of hydrogen-bond donors (Lipinski definition) is 3. The molecule has 8 heteroatoms. The normalized spacial score (nSPS) is 15.1. The van der Waals surface area contributed by atoms with Crippen LogP contribution in [0.4, 0.5) is 11.6 Å². The number of ether oxygens (including phenoxy) is 2. The average molecular weight is 392 g/mol. The molecule has 1 aromatic heterocycles. The molecular formula is C21H20N4O4. The summed E-state index contributed by atoms with van der Waals surface area (Å²) in [5.74, 6) is 0.946. The number of carbonyl (C=O) groups is 1. The number of rotatable bonds is 4. The molecule has 0 unspecified atom stereocenters. The summed E-state index contributed by atoms with van der Waals surface area (Å²) in [5.41, 5.74) is 8.08. The molecule has 148 valence electrons. The van der Waals surface area contributed by atoms with Gasteiger partial charge in [-0.3, -0.25) is 4.79 Å². The summed E-state index contributed by atoms with van der Waals surface area (Å²) in [6, 6.07) is 12.1. The van der Waals surface area contributed by atoms with Gasteiger partial charge in [0.2, 0.25) is 11.9 Å². The molecule has 0 saturated carbocycles. The molecule has 1 atom stereocenters. The van der Waals surface area contributed by atoms with Crippen molar-refractivity contribution in [3.63, 3.8) is 0 Å². The highest BCUT2D eigenvalue weighted by Crippen LogP contribution is 2.33. The molecule has 0 radical (unpaired) electrons. The minimum Gasteiger partial charge on any atom is -0.506 e. The maximum atomic E-state index is 12.7. The number of benzene rings is 2. The molecule has 0 saturated heterocycles. The Labute approximate surface area is 167 Å². The van der Waals surface area contributed by atoms with Gasteiger partial charge in [-0.05, 0) is 48.4 Å². The minimum absolute atomic E-state index is 0.0631. The third kappa shape index (κ3) is 3.91. The maximum Gasteiger partial charge on any atom is 0.231 e. The van der Waals surface area contributed by atoms with Crippen molar-refractivity contribution in [2.75, 3.05) is 24.8 Å². The van der Waals surface area contributed by atoms with Crippen LogP contribution in [-0.4, -0.2) is 34.7 Å². The number of fused-ring (bicyclic) bond motifs is 1. The number of amides is 1. The molecule has 0 fully saturated rings. The Hall–Kier alpha value is -3.81. The zero-order valence-electron chi connectivity index (χ0n) is 15.8. The summed E-state index contributed by atoms with van der Waals surface area (Å²) in [4.78, 5) is 20.7. The fourth-order valence-electron chi connectivity index (χ4n) is 3.23. The third-order valence-corrected chi connectivity index (χ3v) is 4.77. The second-order valence-electron chi connectivity index (χ2n) is 6.71. The molecule has 0 spiro atoms. The van der Waals surface area contributed by atoms with Crippen LogP contribution in [0.25, 0.3) is 11.3 Å². The van der Waals surface area contributed by atoms with Gasteiger partial charge in [-0.25, -0.2) is 9.97 Å². The Bertz CT molecular complexity index is 1070. The van der Waals surface area contributed by atoms with Crippen molar-refractivity contribution in [2.24, 2.45) is 5.92 Å². The zero-order valence-corrected chi connectivity index (χ0v) is 15.8. The number of aromatic hydroxyl groups is 1. The van der Waals surface area contributed by atoms with Crippen molar-refractivity contribution in [2.45, 2.75) is 6.42 Å². The van der Waals surface area contributed by atoms with E-state index in [-0.39, 0.29) is 30.1 Å². The standard InChI is InChI=1S/C21H20N4O4/c1-28-15-3-5-19-13(9-15)8-14(11-29-19)20(27)24-17-4-2-12(10-18(17)26)16-6-7-23-21(22)25-16/h2-7,9-10,14,26H,8,11H2,1H3,(H,24,27)(H2,22,23,25)/t14-/m0/s1. The Kier molecular flexibility index (Phi) is 4.90. The number of nitrogens with one attached hydrogen (secondary N) is 1. The van der Waals surface area contributed by atoms with Crippen LogP contribution >= 0.6 is 0 Å². The van der Waals surface area contributed by atoms with Gasteiger partial charge in [-0.15, -0.1) is 0 Å². The van der Waals surface area contributed by atoms with Crippen molar-refractivity contribution in [3.8, 4) is 28.5 Å². The third-order valence-electron chi connectivity index (χ3n) is 4.77. The summed E-state index contributed by atoms with van der Waals surface area (Å²) >= 11 is 0. The van der Waals surface area contributed by atoms with Gasteiger partial charge in [-0.1, -0.05) is 6.07 Å². The molecule has 8 nitrogen and oxygen atoms in total. The summed E-state index contributed by atoms with van der Waals surface area (Å²) in [7, 11) is 1.60. The van der Waals surface area contributed by atoms with E-state index in [1.807, 2.05) is 18.2 Å². The van der Waals surface area contributed by atoms with Crippen LogP contribution in [0, 0.1) is 5.92 Å². The molecule has 29 heavy (non-hydrogen) atoms. The van der Waals surface area contributed by atoms with Crippen LogP contribution in [0.3, 0.4) is 0 Å². The Balaban J connectivity index is 1.48. The van der Waals surface area contributed by atoms with Crippen LogP contribution in [0.5, 0.6) is 17.2 Å². The summed E-state index contributed by atoms with van der Waals surface area (Å²) in [6.45, 7) is 0.268. The van der Waals surface area contributed by atoms with Crippen LogP contribution < -0.4 is 20.5 Å². The first-order valence-corrected chi connectivity index (χ1v) is 9.06. The quantitative estimate of drug-likeness (QED) is 0.584. The van der Waals surface area contributed by atoms with Crippen LogP contribution in [-0.2, 0) is 11.2 Å². The first-order valence-electron chi connectivity index (χ1n) is 9.06. The highest BCUT2D eigenvalue weighted by molar-refractivity contribution is 5.94. The van der Waals surface area contributed by atoms with Gasteiger partial charge >= 0.3 is 0 Å². The smallest absolute Gasteiger partial charge is 0.231 e. The van der Waals surface area contributed by atoms with Gasteiger partial charge in [0.15, 0.2) is 0 Å². The van der Waals surface area contributed by atoms with Crippen molar-refractivity contribution in [1.82, 2.24) is 9.97 Å². The average Bonchev–Trinajstić information content (AvgIpc) is 2.74. The van der Waals surface area contributed by atoms with E-state index in [9.17, 15) is 9.90 Å². The van der Waals surface area contributed by atoms with E-state index < -0.39 is 0 Å². The molecular weight excluding hydrogens is 372 g/mol. The number of nitrogen functional groups attached to an aromatic ring is 1. The fourth-order valence-corrected chi connectivity index (χ4v) is 3.23. The van der Waals surface area contributed by atoms with Crippen molar-refractivity contribution in [3.05, 3.63) is 54.2 Å². The second-order valence-corrected chi connectivity index (χ2v) is 6.71. The lowest BCUT2D eigenvalue weighted by Crippen LogP contribution is -2.32. The highest BCUT2D eigenvalue weighted by Gasteiger charge is 2.27. The van der Waals surface area contributed by atoms with Gasteiger partial charge in [0.05, 0.1) is 24.4 Å². The molecule has 0 aliphatic carbocycles. The second kappa shape index (κ2) is 7.67. The Morgan fingerprint density at radius 1 is 1.28 bits per heavy atom. The van der Waals surface area contributed by atoms with E-state index in [2.05, 4.69) is 15.3 Å². The number of phenolic OH excluding ortho intramolecular Hbond substituents is 1. The van der Waals surface area contributed by atoms with Crippen LogP contribution in [0.1, 0.15) is 5.56 Å². The predicted octanol–water partition coefficient (Wildman–Crippen LogP) is 2.63. The Morgan fingerprint density at radius 2 is 2.14 bits per heavy atom. The van der Waals surface area contributed by atoms with E-state index >= 15 is 0 Å². The van der Waals surface area contributed by atoms with Gasteiger partial charge < -0.3 is 25.6 Å². The summed E-state index contributed by atoms with van der Waals surface area (Å²) in [5, 5.41) is 13.1. The van der Waals surface area contributed by atoms with E-state index in [4.69, 9.17) is 15.2 Å². The molecule has 2 heterocycles. The fraction of sp³-hybridized carbons (Fsp3) is 0.190. The van der Waals surface area contributed by atoms with Gasteiger partial charge in [0.25, 0.3) is 0 Å². The first kappa shape index (κ1) is 18.5. The monoisotopic (exact) mass is 392 g/mol. The van der Waals surface area contributed by atoms with Gasteiger partial charge in [0.1, 0.15) is 23.9 Å². The minimum atomic E-state index is -0.379. The number of phenols is 1. The number of aromatic nitrogens is 2. The molecule has 3 aromatic rings. The molecule has 1 aliphatic rings. The lowest BCUT2D eigenvalue weighted by atomic mass is 9.95. The van der Waals surface area contributed by atoms with Gasteiger partial charge in [-0.2, -0.15) is 0 Å². The molecule has 1 amide bonds. The van der Waals surface area contributed by atoms with Crippen molar-refractivity contribution < 1.29 is 19.4 Å². The van der Waals surface area contributed by atoms with Crippen LogP contribution in [0.15, 0.2) is 48.7 Å². The number of nitrogens with zero attached hydrogens (tertiary/aromatic N) is 2. The summed E-state index contributed by atoms with van der Waals surface area (Å²) < 4.78 is 10.9. The van der Waals surface area contributed by atoms with Crippen molar-refractivity contribution >= 4 is 17.5 Å². The maximum absolute atomic E-state index is 12.7. The molecule has 4 rings (SSSR count). The SMILES string of the molecule is COc1ccc2c(c1)C[C@H](C(=O)Nc1ccc(-c3ccnc(N)n3)cc1O)CO2. The van der Waals surface area contributed by atoms with Crippen LogP contribution in [0.2, 0.25) is 0 Å².